The van der Waals surface area contributed by atoms with Gasteiger partial charge in [0.1, 0.15) is 5.41 Å². The number of aromatic nitrogens is 1. The second-order valence-corrected chi connectivity index (χ2v) is 17.9. The molecule has 1 aromatic carbocycles. The molecule has 2 bridgehead atoms. The van der Waals surface area contributed by atoms with Crippen LogP contribution in [0.15, 0.2) is 65.4 Å². The van der Waals surface area contributed by atoms with Crippen LogP contribution in [0, 0.1) is 34.0 Å². The number of H-pyrrole nitrogens is 1. The normalized spacial score (nSPS) is 38.0. The molecule has 7 aliphatic rings. The van der Waals surface area contributed by atoms with Gasteiger partial charge in [0.05, 0.1) is 38.0 Å². The van der Waals surface area contributed by atoms with Crippen molar-refractivity contribution >= 4 is 28.8 Å². The molecule has 2 N–H and O–H groups in total. The molecule has 312 valence electrons. The van der Waals surface area contributed by atoms with E-state index in [0.29, 0.717) is 44.5 Å². The van der Waals surface area contributed by atoms with Crippen LogP contribution in [0.5, 0.6) is 0 Å². The Kier molecular flexibility index (Phi) is 9.36. The van der Waals surface area contributed by atoms with Crippen molar-refractivity contribution in [3.05, 3.63) is 82.2 Å². The Hall–Kier alpha value is -4.74. The van der Waals surface area contributed by atoms with E-state index in [2.05, 4.69) is 58.2 Å². The number of hydrogen-bond acceptors (Lipinski definition) is 12. The minimum atomic E-state index is -2.29. The number of nitrogens with one attached hydrogen (secondary N) is 1. The summed E-state index contributed by atoms with van der Waals surface area (Å²) >= 11 is 0. The minimum Gasteiger partial charge on any atom is -0.468 e. The maximum atomic E-state index is 15.3. The lowest BCUT2D eigenvalue weighted by molar-refractivity contribution is -0.243. The predicted molar refractivity (Wildman–Crippen MR) is 217 cm³/mol. The number of methoxy groups -OCH3 is 3. The van der Waals surface area contributed by atoms with E-state index in [9.17, 15) is 20.0 Å². The number of rotatable bonds is 7. The Labute approximate surface area is 345 Å². The summed E-state index contributed by atoms with van der Waals surface area (Å²) in [6, 6.07) is 6.75. The number of likely N-dealkylation sites (N-methyl/N-ethyl adjacent to an activating group) is 1. The number of carbonyl (C=O) groups is 3. The van der Waals surface area contributed by atoms with Crippen LogP contribution in [0.2, 0.25) is 0 Å². The van der Waals surface area contributed by atoms with Crippen molar-refractivity contribution in [3.8, 4) is 6.07 Å². The third kappa shape index (κ3) is 5.12. The van der Waals surface area contributed by atoms with Gasteiger partial charge in [-0.2, -0.15) is 5.26 Å². The number of hydrogen-bond donors (Lipinski definition) is 2. The summed E-state index contributed by atoms with van der Waals surface area (Å²) in [6.07, 6.45) is 11.2. The minimum absolute atomic E-state index is 0.00672. The molecule has 6 heterocycles. The molecule has 2 aromatic rings. The molecule has 1 spiro atoms. The quantitative estimate of drug-likeness (QED) is 0.233. The Morgan fingerprint density at radius 2 is 1.83 bits per heavy atom. The number of aliphatic hydroxyl groups is 1. The Bertz CT molecular complexity index is 2310. The Morgan fingerprint density at radius 3 is 2.51 bits per heavy atom. The van der Waals surface area contributed by atoms with Gasteiger partial charge in [0, 0.05) is 92.3 Å². The molecule has 59 heavy (non-hydrogen) atoms. The summed E-state index contributed by atoms with van der Waals surface area (Å²) in [5.74, 6) is -2.46. The maximum absolute atomic E-state index is 15.3. The van der Waals surface area contributed by atoms with Crippen LogP contribution >= 0.6 is 0 Å². The van der Waals surface area contributed by atoms with Crippen molar-refractivity contribution in [2.24, 2.45) is 22.7 Å². The van der Waals surface area contributed by atoms with E-state index in [4.69, 9.17) is 18.9 Å². The molecule has 0 amide bonds. The molecule has 9 rings (SSSR count). The number of aromatic amines is 1. The highest BCUT2D eigenvalue weighted by Gasteiger charge is 2.81. The number of allylic oxidation sites excluding steroid dienone is 1. The average Bonchev–Trinajstić information content (AvgIpc) is 3.89. The van der Waals surface area contributed by atoms with Gasteiger partial charge in [-0.3, -0.25) is 19.4 Å². The summed E-state index contributed by atoms with van der Waals surface area (Å²) in [5.41, 5.74) is 0.668. The molecule has 1 aromatic heterocycles. The summed E-state index contributed by atoms with van der Waals surface area (Å²) in [7, 11) is 6.24. The molecule has 2 aliphatic carbocycles. The van der Waals surface area contributed by atoms with Crippen LogP contribution in [0.25, 0.3) is 10.9 Å². The van der Waals surface area contributed by atoms with E-state index in [-0.39, 0.29) is 12.0 Å². The van der Waals surface area contributed by atoms with Gasteiger partial charge in [-0.25, -0.2) is 4.79 Å². The molecule has 2 saturated heterocycles. The van der Waals surface area contributed by atoms with Crippen molar-refractivity contribution in [2.75, 3.05) is 54.6 Å². The van der Waals surface area contributed by atoms with Crippen molar-refractivity contribution < 1.29 is 38.4 Å². The average molecular weight is 806 g/mol. The molecule has 5 aliphatic heterocycles. The van der Waals surface area contributed by atoms with Crippen LogP contribution in [0.4, 0.5) is 0 Å². The Balaban J connectivity index is 1.34. The van der Waals surface area contributed by atoms with Crippen LogP contribution in [-0.2, 0) is 45.3 Å². The predicted octanol–water partition coefficient (Wildman–Crippen LogP) is 4.27. The van der Waals surface area contributed by atoms with E-state index >= 15 is 4.79 Å². The van der Waals surface area contributed by atoms with E-state index in [0.717, 1.165) is 52.9 Å². The molecule has 3 unspecified atom stereocenters. The number of nitrogens with zero attached hydrogens (tertiary/aromatic N) is 4. The molecular formula is C46H55N5O8. The lowest BCUT2D eigenvalue weighted by atomic mass is 9.47. The van der Waals surface area contributed by atoms with Gasteiger partial charge in [-0.05, 0) is 73.6 Å². The summed E-state index contributed by atoms with van der Waals surface area (Å²) in [4.78, 5) is 53.2. The van der Waals surface area contributed by atoms with Crippen molar-refractivity contribution in [1.29, 1.82) is 5.26 Å². The number of carbonyl (C=O) groups excluding carboxylic acids is 3. The zero-order valence-corrected chi connectivity index (χ0v) is 35.0. The fourth-order valence-corrected chi connectivity index (χ4v) is 13.4. The SMILES string of the molecule is CCC1=C[C@H]2CN(C1)Cc1c([nH]c3ccc(C#N)cc13)[C@@](C(=O)OC)(C1C=C3C(=CC1OC)N(C)[C@H]1[C@@](O)(C(=O)OC)[C@H](OC(C)=O)[C@]4(CC)C=CCN5CC[C@]31[C@@H]54)C2. The van der Waals surface area contributed by atoms with E-state index < -0.39 is 63.9 Å². The van der Waals surface area contributed by atoms with Gasteiger partial charge in [0.2, 0.25) is 5.60 Å². The van der Waals surface area contributed by atoms with Crippen molar-refractivity contribution in [3.63, 3.8) is 0 Å². The number of esters is 3. The second kappa shape index (κ2) is 13.9. The third-order valence-electron chi connectivity index (χ3n) is 15.4. The fraction of sp³-hybridized carbons (Fsp3) is 0.565. The number of ether oxygens (including phenoxy) is 4. The lowest BCUT2D eigenvalue weighted by Crippen LogP contribution is -2.79. The van der Waals surface area contributed by atoms with Crippen molar-refractivity contribution in [1.82, 2.24) is 19.7 Å². The summed E-state index contributed by atoms with van der Waals surface area (Å²) in [6.45, 7) is 8.96. The van der Waals surface area contributed by atoms with Gasteiger partial charge in [-0.1, -0.05) is 43.7 Å². The Morgan fingerprint density at radius 1 is 1.05 bits per heavy atom. The molecule has 13 nitrogen and oxygen atoms in total. The van der Waals surface area contributed by atoms with E-state index in [1.165, 1.54) is 26.7 Å². The molecule has 11 atom stereocenters. The zero-order chi connectivity index (χ0) is 41.8. The largest absolute Gasteiger partial charge is 0.468 e. The fourth-order valence-electron chi connectivity index (χ4n) is 13.4. The highest BCUT2D eigenvalue weighted by molar-refractivity contribution is 5.92. The smallest absolute Gasteiger partial charge is 0.344 e. The van der Waals surface area contributed by atoms with Gasteiger partial charge < -0.3 is 33.9 Å². The van der Waals surface area contributed by atoms with Crippen LogP contribution < -0.4 is 0 Å². The summed E-state index contributed by atoms with van der Waals surface area (Å²) in [5, 5.41) is 24.2. The molecular weight excluding hydrogens is 751 g/mol. The monoisotopic (exact) mass is 805 g/mol. The molecule has 3 fully saturated rings. The van der Waals surface area contributed by atoms with Gasteiger partial charge >= 0.3 is 17.9 Å². The first-order valence-corrected chi connectivity index (χ1v) is 21.0. The lowest BCUT2D eigenvalue weighted by Gasteiger charge is -2.63. The maximum Gasteiger partial charge on any atom is 0.344 e. The van der Waals surface area contributed by atoms with Crippen LogP contribution in [0.1, 0.15) is 63.3 Å². The zero-order valence-electron chi connectivity index (χ0n) is 35.0. The molecule has 1 saturated carbocycles. The topological polar surface area (TPSA) is 158 Å². The van der Waals surface area contributed by atoms with Crippen LogP contribution in [0.3, 0.4) is 0 Å². The van der Waals surface area contributed by atoms with E-state index in [1.807, 2.05) is 31.0 Å². The number of likely N-dealkylation sites (tertiary alicyclic amines) is 1. The highest BCUT2D eigenvalue weighted by atomic mass is 16.6. The number of benzene rings is 1. The van der Waals surface area contributed by atoms with Gasteiger partial charge in [-0.15, -0.1) is 0 Å². The van der Waals surface area contributed by atoms with Gasteiger partial charge in [0.25, 0.3) is 0 Å². The van der Waals surface area contributed by atoms with Crippen molar-refractivity contribution in [2.45, 2.75) is 88.3 Å². The van der Waals surface area contributed by atoms with Gasteiger partial charge in [0.15, 0.2) is 6.10 Å². The third-order valence-corrected chi connectivity index (χ3v) is 15.4. The van der Waals surface area contributed by atoms with E-state index in [1.54, 1.807) is 13.2 Å². The second-order valence-electron chi connectivity index (χ2n) is 17.9. The highest BCUT2D eigenvalue weighted by Crippen LogP contribution is 2.70. The number of nitriles is 1. The summed E-state index contributed by atoms with van der Waals surface area (Å²) < 4.78 is 24.0. The molecule has 0 radical (unpaired) electrons. The van der Waals surface area contributed by atoms with Crippen LogP contribution in [-0.4, -0.2) is 127 Å². The first kappa shape index (κ1) is 39.7. The first-order chi connectivity index (χ1) is 28.3. The standard InChI is InChI=1S/C46H55N5O8/c1-8-27-17-29-21-45(41(53)57-6,37-31(25-50(23-27)24-29)30-18-28(22-47)11-12-34(30)48-37)33-19-32-35(20-36(33)56-5)49(4)39-44(32)14-16-51-15-10-13-43(9-2,38(44)51)40(59-26(3)52)46(39,55)42(54)58-7/h10-13,17-20,29,33,36,38-40,48,55H,8-9,14-16,21,23-25H2,1-7H3/t29-,33?,36?,38+,39-,40-,43-,44-,45+,46+/m1/s1. The number of fused-ring (bicyclic) bond motifs is 6. The molecule has 13 heteroatoms. The first-order valence-electron chi connectivity index (χ1n) is 21.0.